The zero-order chi connectivity index (χ0) is 19.4. The van der Waals surface area contributed by atoms with Gasteiger partial charge in [0.25, 0.3) is 0 Å². The molecule has 0 amide bonds. The van der Waals surface area contributed by atoms with E-state index >= 15 is 0 Å². The first kappa shape index (κ1) is 20.4. The summed E-state index contributed by atoms with van der Waals surface area (Å²) in [5.41, 5.74) is 3.64. The van der Waals surface area contributed by atoms with Crippen molar-refractivity contribution in [3.63, 3.8) is 0 Å². The lowest BCUT2D eigenvalue weighted by atomic mass is 9.72. The first-order valence-corrected chi connectivity index (χ1v) is 10.7. The molecule has 0 unspecified atom stereocenters. The van der Waals surface area contributed by atoms with Crippen LogP contribution in [0.4, 0.5) is 0 Å². The Bertz CT molecular complexity index is 851. The van der Waals surface area contributed by atoms with Crippen molar-refractivity contribution in [2.24, 2.45) is 5.41 Å². The maximum atomic E-state index is 12.3. The van der Waals surface area contributed by atoms with E-state index in [1.807, 2.05) is 13.0 Å². The number of sulfone groups is 1. The van der Waals surface area contributed by atoms with Gasteiger partial charge in [-0.15, -0.1) is 0 Å². The predicted molar refractivity (Wildman–Crippen MR) is 107 cm³/mol. The van der Waals surface area contributed by atoms with Crippen molar-refractivity contribution >= 4 is 15.6 Å². The standard InChI is InChI=1S/C22H28O3S/c1-17-9-12-20(13-10-17)26(24,25)16-6-8-19(23)11-14-21-18(2)7-5-15-22(21,3)4/h6,8-14H,5,7,15-16H2,1-4H3/b8-6+,14-11+. The van der Waals surface area contributed by atoms with Crippen LogP contribution in [0, 0.1) is 12.3 Å². The number of benzene rings is 1. The van der Waals surface area contributed by atoms with Gasteiger partial charge in [0.1, 0.15) is 0 Å². The summed E-state index contributed by atoms with van der Waals surface area (Å²) >= 11 is 0. The Hall–Kier alpha value is -1.94. The van der Waals surface area contributed by atoms with Crippen molar-refractivity contribution < 1.29 is 13.2 Å². The fraction of sp³-hybridized carbons (Fsp3) is 0.409. The number of hydrogen-bond donors (Lipinski definition) is 0. The van der Waals surface area contributed by atoms with Crippen LogP contribution in [-0.2, 0) is 14.6 Å². The van der Waals surface area contributed by atoms with Crippen molar-refractivity contribution in [2.75, 3.05) is 5.75 Å². The molecule has 1 aromatic carbocycles. The highest BCUT2D eigenvalue weighted by Crippen LogP contribution is 2.40. The number of ketones is 1. The maximum Gasteiger partial charge on any atom is 0.181 e. The molecule has 0 fully saturated rings. The van der Waals surface area contributed by atoms with Gasteiger partial charge in [-0.05, 0) is 68.4 Å². The molecular formula is C22H28O3S. The highest BCUT2D eigenvalue weighted by molar-refractivity contribution is 7.91. The van der Waals surface area contributed by atoms with Crippen LogP contribution in [0.5, 0.6) is 0 Å². The monoisotopic (exact) mass is 372 g/mol. The summed E-state index contributed by atoms with van der Waals surface area (Å²) in [5.74, 6) is -0.367. The number of aryl methyl sites for hydroxylation is 1. The minimum absolute atomic E-state index is 0.0810. The normalized spacial score (nSPS) is 18.0. The fourth-order valence-corrected chi connectivity index (χ4v) is 4.46. The first-order valence-electron chi connectivity index (χ1n) is 9.00. The van der Waals surface area contributed by atoms with Crippen LogP contribution in [0.15, 0.2) is 64.6 Å². The lowest BCUT2D eigenvalue weighted by Gasteiger charge is -2.32. The molecule has 0 aliphatic heterocycles. The molecular weight excluding hydrogens is 344 g/mol. The van der Waals surface area contributed by atoms with Gasteiger partial charge < -0.3 is 0 Å². The van der Waals surface area contributed by atoms with E-state index in [0.717, 1.165) is 18.4 Å². The molecule has 3 nitrogen and oxygen atoms in total. The Morgan fingerprint density at radius 1 is 1.12 bits per heavy atom. The lowest BCUT2D eigenvalue weighted by molar-refractivity contribution is -0.110. The molecule has 0 bridgehead atoms. The molecule has 0 saturated heterocycles. The molecule has 1 aromatic rings. The molecule has 140 valence electrons. The SMILES string of the molecule is CC1=C(/C=C/C(=O)/C=C/CS(=O)(=O)c2ccc(C)cc2)C(C)(C)CCC1. The van der Waals surface area contributed by atoms with Gasteiger partial charge in [0.15, 0.2) is 15.6 Å². The summed E-state index contributed by atoms with van der Waals surface area (Å²) in [6.07, 6.45) is 9.57. The number of hydrogen-bond acceptors (Lipinski definition) is 3. The largest absolute Gasteiger partial charge is 0.290 e. The fourth-order valence-electron chi connectivity index (χ4n) is 3.36. The van der Waals surface area contributed by atoms with Crippen molar-refractivity contribution in [3.05, 3.63) is 65.3 Å². The molecule has 0 spiro atoms. The second-order valence-corrected chi connectivity index (χ2v) is 9.70. The predicted octanol–water partition coefficient (Wildman–Crippen LogP) is 4.98. The van der Waals surface area contributed by atoms with E-state index in [4.69, 9.17) is 0 Å². The first-order chi connectivity index (χ1) is 12.1. The Morgan fingerprint density at radius 3 is 2.38 bits per heavy atom. The topological polar surface area (TPSA) is 51.2 Å². The average Bonchev–Trinajstić information content (AvgIpc) is 2.54. The van der Waals surface area contributed by atoms with Crippen LogP contribution in [0.2, 0.25) is 0 Å². The van der Waals surface area contributed by atoms with Crippen LogP contribution in [-0.4, -0.2) is 20.0 Å². The van der Waals surface area contributed by atoms with Gasteiger partial charge in [-0.25, -0.2) is 8.42 Å². The third-order valence-electron chi connectivity index (χ3n) is 4.93. The summed E-state index contributed by atoms with van der Waals surface area (Å²) in [6, 6.07) is 6.74. The molecule has 1 aliphatic rings. The smallest absolute Gasteiger partial charge is 0.181 e. The van der Waals surface area contributed by atoms with Crippen molar-refractivity contribution in [3.8, 4) is 0 Å². The molecule has 0 radical (unpaired) electrons. The number of carbonyl (C=O) groups excluding carboxylic acids is 1. The zero-order valence-corrected chi connectivity index (χ0v) is 16.9. The maximum absolute atomic E-state index is 12.3. The molecule has 0 aromatic heterocycles. The molecule has 0 N–H and O–H groups in total. The van der Waals surface area contributed by atoms with Gasteiger partial charge in [-0.1, -0.05) is 49.3 Å². The average molecular weight is 373 g/mol. The van der Waals surface area contributed by atoms with Gasteiger partial charge >= 0.3 is 0 Å². The third-order valence-corrected chi connectivity index (χ3v) is 6.56. The lowest BCUT2D eigenvalue weighted by Crippen LogP contribution is -2.19. The minimum atomic E-state index is -3.41. The van der Waals surface area contributed by atoms with E-state index in [0.29, 0.717) is 0 Å². The Morgan fingerprint density at radius 2 is 1.77 bits per heavy atom. The Kier molecular flexibility index (Phi) is 6.40. The van der Waals surface area contributed by atoms with E-state index in [1.54, 1.807) is 30.3 Å². The van der Waals surface area contributed by atoms with Gasteiger partial charge in [0.2, 0.25) is 0 Å². The summed E-state index contributed by atoms with van der Waals surface area (Å²) in [5, 5.41) is 0. The van der Waals surface area contributed by atoms with Gasteiger partial charge in [0.05, 0.1) is 10.6 Å². The molecule has 0 heterocycles. The molecule has 2 rings (SSSR count). The van der Waals surface area contributed by atoms with Gasteiger partial charge in [0, 0.05) is 0 Å². The highest BCUT2D eigenvalue weighted by Gasteiger charge is 2.26. The quantitative estimate of drug-likeness (QED) is 0.662. The van der Waals surface area contributed by atoms with E-state index in [2.05, 4.69) is 20.8 Å². The van der Waals surface area contributed by atoms with E-state index in [1.165, 1.54) is 29.7 Å². The number of allylic oxidation sites excluding steroid dienone is 5. The second kappa shape index (κ2) is 8.17. The summed E-state index contributed by atoms with van der Waals surface area (Å²) in [6.45, 7) is 8.43. The third kappa shape index (κ3) is 5.28. The van der Waals surface area contributed by atoms with E-state index < -0.39 is 9.84 Å². The molecule has 4 heteroatoms. The van der Waals surface area contributed by atoms with Crippen molar-refractivity contribution in [1.82, 2.24) is 0 Å². The molecule has 0 atom stereocenters. The van der Waals surface area contributed by atoms with Crippen molar-refractivity contribution in [1.29, 1.82) is 0 Å². The van der Waals surface area contributed by atoms with Crippen LogP contribution in [0.1, 0.15) is 45.6 Å². The Balaban J connectivity index is 2.02. The number of rotatable bonds is 6. The van der Waals surface area contributed by atoms with Crippen molar-refractivity contribution in [2.45, 2.75) is 51.9 Å². The van der Waals surface area contributed by atoms with Gasteiger partial charge in [-0.2, -0.15) is 0 Å². The van der Waals surface area contributed by atoms with Crippen LogP contribution >= 0.6 is 0 Å². The zero-order valence-electron chi connectivity index (χ0n) is 16.1. The molecule has 26 heavy (non-hydrogen) atoms. The van der Waals surface area contributed by atoms with Crippen LogP contribution < -0.4 is 0 Å². The highest BCUT2D eigenvalue weighted by atomic mass is 32.2. The van der Waals surface area contributed by atoms with Crippen LogP contribution in [0.3, 0.4) is 0 Å². The Labute approximate surface area is 157 Å². The van der Waals surface area contributed by atoms with E-state index in [-0.39, 0.29) is 21.8 Å². The number of carbonyl (C=O) groups is 1. The summed E-state index contributed by atoms with van der Waals surface area (Å²) in [4.78, 5) is 12.4. The summed E-state index contributed by atoms with van der Waals surface area (Å²) in [7, 11) is -3.41. The second-order valence-electron chi connectivity index (χ2n) is 7.66. The van der Waals surface area contributed by atoms with E-state index in [9.17, 15) is 13.2 Å². The van der Waals surface area contributed by atoms with Gasteiger partial charge in [-0.3, -0.25) is 4.79 Å². The molecule has 1 aliphatic carbocycles. The molecule has 0 saturated carbocycles. The van der Waals surface area contributed by atoms with Crippen LogP contribution in [0.25, 0.3) is 0 Å². The summed E-state index contributed by atoms with van der Waals surface area (Å²) < 4.78 is 24.5. The minimum Gasteiger partial charge on any atom is -0.290 e.